The van der Waals surface area contributed by atoms with Gasteiger partial charge in [-0.3, -0.25) is 4.79 Å². The highest BCUT2D eigenvalue weighted by Gasteiger charge is 2.28. The van der Waals surface area contributed by atoms with Gasteiger partial charge in [-0.2, -0.15) is 0 Å². The number of nitrogens with one attached hydrogen (secondary N) is 1. The first-order valence-electron chi connectivity index (χ1n) is 10.0. The average Bonchev–Trinajstić information content (AvgIpc) is 2.68. The Morgan fingerprint density at radius 2 is 1.93 bits per heavy atom. The fourth-order valence-corrected chi connectivity index (χ4v) is 3.07. The molecule has 1 amide bonds. The molecular weight excluding hydrogens is 374 g/mol. The number of carbonyl (C=O) groups excluding carboxylic acids is 1. The van der Waals surface area contributed by atoms with Gasteiger partial charge in [0, 0.05) is 17.5 Å². The summed E-state index contributed by atoms with van der Waals surface area (Å²) in [6.45, 7) is 7.27. The van der Waals surface area contributed by atoms with Gasteiger partial charge in [-0.25, -0.2) is 9.59 Å². The van der Waals surface area contributed by atoms with E-state index in [2.05, 4.69) is 12.2 Å². The van der Waals surface area contributed by atoms with Crippen LogP contribution < -0.4 is 15.7 Å². The Balaban J connectivity index is 2.17. The third-order valence-corrected chi connectivity index (χ3v) is 5.06. The van der Waals surface area contributed by atoms with E-state index in [0.717, 1.165) is 30.2 Å². The maximum absolute atomic E-state index is 12.4. The molecule has 0 aliphatic heterocycles. The molecule has 0 aliphatic rings. The van der Waals surface area contributed by atoms with Crippen molar-refractivity contribution in [3.05, 3.63) is 40.2 Å². The van der Waals surface area contributed by atoms with E-state index in [1.807, 2.05) is 13.0 Å². The number of aliphatic carboxylic acids is 1. The number of ether oxygens (including phenoxy) is 1. The Bertz CT molecular complexity index is 919. The monoisotopic (exact) mass is 403 g/mol. The van der Waals surface area contributed by atoms with Crippen LogP contribution in [0.15, 0.2) is 33.5 Å². The number of rotatable bonds is 10. The summed E-state index contributed by atoms with van der Waals surface area (Å²) in [5, 5.41) is 12.7. The van der Waals surface area contributed by atoms with E-state index in [4.69, 9.17) is 9.15 Å². The van der Waals surface area contributed by atoms with E-state index in [0.29, 0.717) is 17.8 Å². The Morgan fingerprint density at radius 1 is 1.21 bits per heavy atom. The summed E-state index contributed by atoms with van der Waals surface area (Å²) in [7, 11) is 0. The van der Waals surface area contributed by atoms with Crippen LogP contribution in [-0.4, -0.2) is 29.1 Å². The third kappa shape index (κ3) is 5.82. The fourth-order valence-electron chi connectivity index (χ4n) is 3.07. The molecule has 2 rings (SSSR count). The second-order valence-corrected chi connectivity index (χ2v) is 7.32. The van der Waals surface area contributed by atoms with E-state index in [1.54, 1.807) is 26.0 Å². The Labute approximate surface area is 170 Å². The van der Waals surface area contributed by atoms with Gasteiger partial charge in [0.05, 0.1) is 0 Å². The summed E-state index contributed by atoms with van der Waals surface area (Å²) < 4.78 is 11.0. The van der Waals surface area contributed by atoms with Crippen LogP contribution >= 0.6 is 0 Å². The quantitative estimate of drug-likeness (QED) is 0.588. The molecule has 0 fully saturated rings. The minimum Gasteiger partial charge on any atom is -0.481 e. The van der Waals surface area contributed by atoms with Gasteiger partial charge in [-0.15, -0.1) is 0 Å². The van der Waals surface area contributed by atoms with Crippen LogP contribution in [0.3, 0.4) is 0 Å². The SMILES string of the molecule is CCCCc1cc(=O)oc2cc(O[C@@H](C)C(=O)N[C@H](C(=O)O)[C@H](C)CC)ccc12. The number of carboxylic acid groups (broad SMARTS) is 1. The van der Waals surface area contributed by atoms with Gasteiger partial charge >= 0.3 is 11.6 Å². The molecule has 29 heavy (non-hydrogen) atoms. The first kappa shape index (κ1) is 22.5. The van der Waals surface area contributed by atoms with Crippen molar-refractivity contribution in [2.45, 2.75) is 65.5 Å². The zero-order valence-corrected chi connectivity index (χ0v) is 17.4. The van der Waals surface area contributed by atoms with Gasteiger partial charge in [-0.1, -0.05) is 33.6 Å². The van der Waals surface area contributed by atoms with Crippen molar-refractivity contribution in [3.8, 4) is 5.75 Å². The van der Waals surface area contributed by atoms with E-state index in [9.17, 15) is 19.5 Å². The normalized spacial score (nSPS) is 14.2. The molecule has 3 atom stereocenters. The van der Waals surface area contributed by atoms with Crippen LogP contribution in [0.5, 0.6) is 5.75 Å². The van der Waals surface area contributed by atoms with Crippen molar-refractivity contribution in [1.82, 2.24) is 5.32 Å². The van der Waals surface area contributed by atoms with E-state index in [1.165, 1.54) is 6.07 Å². The third-order valence-electron chi connectivity index (χ3n) is 5.06. The number of hydrogen-bond donors (Lipinski definition) is 2. The summed E-state index contributed by atoms with van der Waals surface area (Å²) in [5.74, 6) is -1.44. The molecule has 0 saturated heterocycles. The molecule has 0 radical (unpaired) electrons. The van der Waals surface area contributed by atoms with Crippen LogP contribution in [0.2, 0.25) is 0 Å². The van der Waals surface area contributed by atoms with Gasteiger partial charge in [0.2, 0.25) is 0 Å². The van der Waals surface area contributed by atoms with E-state index in [-0.39, 0.29) is 5.92 Å². The van der Waals surface area contributed by atoms with Gasteiger partial charge < -0.3 is 19.6 Å². The van der Waals surface area contributed by atoms with Crippen LogP contribution in [0.4, 0.5) is 0 Å². The number of unbranched alkanes of at least 4 members (excludes halogenated alkanes) is 1. The molecule has 7 nitrogen and oxygen atoms in total. The molecule has 1 aromatic carbocycles. The predicted molar refractivity (Wildman–Crippen MR) is 110 cm³/mol. The molecule has 0 unspecified atom stereocenters. The zero-order chi connectivity index (χ0) is 21.6. The van der Waals surface area contributed by atoms with Crippen LogP contribution in [0.25, 0.3) is 11.0 Å². The minimum absolute atomic E-state index is 0.208. The van der Waals surface area contributed by atoms with Crippen molar-refractivity contribution < 1.29 is 23.8 Å². The largest absolute Gasteiger partial charge is 0.481 e. The lowest BCUT2D eigenvalue weighted by Gasteiger charge is -2.22. The summed E-state index contributed by atoms with van der Waals surface area (Å²) in [6.07, 6.45) is 2.48. The van der Waals surface area contributed by atoms with Gasteiger partial charge in [0.25, 0.3) is 5.91 Å². The molecule has 7 heteroatoms. The van der Waals surface area contributed by atoms with Crippen molar-refractivity contribution in [2.24, 2.45) is 5.92 Å². The maximum atomic E-state index is 12.4. The second kappa shape index (κ2) is 10.1. The first-order valence-corrected chi connectivity index (χ1v) is 10.0. The molecule has 2 aromatic rings. The fraction of sp³-hybridized carbons (Fsp3) is 0.500. The second-order valence-electron chi connectivity index (χ2n) is 7.32. The average molecular weight is 403 g/mol. The smallest absolute Gasteiger partial charge is 0.336 e. The molecule has 0 bridgehead atoms. The molecule has 158 valence electrons. The van der Waals surface area contributed by atoms with Crippen LogP contribution in [-0.2, 0) is 16.0 Å². The van der Waals surface area contributed by atoms with Crippen molar-refractivity contribution in [2.75, 3.05) is 0 Å². The highest BCUT2D eigenvalue weighted by Crippen LogP contribution is 2.24. The number of fused-ring (bicyclic) bond motifs is 1. The number of amides is 1. The summed E-state index contributed by atoms with van der Waals surface area (Å²) in [6, 6.07) is 5.64. The molecule has 0 aliphatic carbocycles. The molecule has 0 spiro atoms. The zero-order valence-electron chi connectivity index (χ0n) is 17.4. The van der Waals surface area contributed by atoms with Crippen molar-refractivity contribution in [3.63, 3.8) is 0 Å². The van der Waals surface area contributed by atoms with Crippen LogP contribution in [0.1, 0.15) is 52.5 Å². The molecule has 2 N–H and O–H groups in total. The lowest BCUT2D eigenvalue weighted by molar-refractivity contribution is -0.144. The minimum atomic E-state index is -1.08. The van der Waals surface area contributed by atoms with Gasteiger partial charge in [0.1, 0.15) is 17.4 Å². The number of benzene rings is 1. The number of carboxylic acids is 1. The highest BCUT2D eigenvalue weighted by molar-refractivity contribution is 5.86. The van der Waals surface area contributed by atoms with E-state index < -0.39 is 29.6 Å². The standard InChI is InChI=1S/C22H29NO6/c1-5-7-8-15-11-19(24)29-18-12-16(9-10-17(15)18)28-14(4)21(25)23-20(22(26)27)13(3)6-2/h9-14,20H,5-8H2,1-4H3,(H,23,25)(H,26,27)/t13-,14+,20+/m1/s1. The lowest BCUT2D eigenvalue weighted by atomic mass is 9.99. The number of aryl methyl sites for hydroxylation is 1. The van der Waals surface area contributed by atoms with Crippen LogP contribution in [0, 0.1) is 5.92 Å². The predicted octanol–water partition coefficient (Wildman–Crippen LogP) is 3.52. The Kier molecular flexibility index (Phi) is 7.82. The molecular formula is C22H29NO6. The summed E-state index contributed by atoms with van der Waals surface area (Å²) in [4.78, 5) is 35.7. The maximum Gasteiger partial charge on any atom is 0.336 e. The molecule has 1 heterocycles. The highest BCUT2D eigenvalue weighted by atomic mass is 16.5. The molecule has 0 saturated carbocycles. The summed E-state index contributed by atoms with van der Waals surface area (Å²) in [5.41, 5.74) is 0.898. The summed E-state index contributed by atoms with van der Waals surface area (Å²) >= 11 is 0. The van der Waals surface area contributed by atoms with Crippen molar-refractivity contribution >= 4 is 22.8 Å². The lowest BCUT2D eigenvalue weighted by Crippen LogP contribution is -2.49. The van der Waals surface area contributed by atoms with E-state index >= 15 is 0 Å². The number of hydrogen-bond acceptors (Lipinski definition) is 5. The molecule has 1 aromatic heterocycles. The van der Waals surface area contributed by atoms with Gasteiger partial charge in [0.15, 0.2) is 6.10 Å². The van der Waals surface area contributed by atoms with Crippen molar-refractivity contribution in [1.29, 1.82) is 0 Å². The Hall–Kier alpha value is -2.83. The first-order chi connectivity index (χ1) is 13.8. The van der Waals surface area contributed by atoms with Gasteiger partial charge in [-0.05, 0) is 43.4 Å². The topological polar surface area (TPSA) is 106 Å². The Morgan fingerprint density at radius 3 is 2.55 bits per heavy atom. The number of carbonyl (C=O) groups is 2.